The van der Waals surface area contributed by atoms with Crippen LogP contribution in [-0.2, 0) is 0 Å². The Morgan fingerprint density at radius 2 is 2.08 bits per heavy atom. The second-order valence-electron chi connectivity index (χ2n) is 2.94. The van der Waals surface area contributed by atoms with Gasteiger partial charge in [-0.05, 0) is 18.2 Å². The number of anilines is 1. The molecule has 0 saturated heterocycles. The summed E-state index contributed by atoms with van der Waals surface area (Å²) in [6.45, 7) is 0. The summed E-state index contributed by atoms with van der Waals surface area (Å²) in [5.74, 6) is -0.693. The average Bonchev–Trinajstić information content (AvgIpc) is 2.08. The maximum absolute atomic E-state index is 12.7. The summed E-state index contributed by atoms with van der Waals surface area (Å²) in [6, 6.07) is 3.93. The lowest BCUT2D eigenvalue weighted by Crippen LogP contribution is -2.21. The van der Waals surface area contributed by atoms with E-state index in [1.165, 1.54) is 23.1 Å². The number of carbonyl (C=O) groups excluding carboxylic acids is 1. The van der Waals surface area contributed by atoms with Crippen molar-refractivity contribution in [1.29, 1.82) is 0 Å². The van der Waals surface area contributed by atoms with E-state index < -0.39 is 5.82 Å². The summed E-state index contributed by atoms with van der Waals surface area (Å²) in [7, 11) is 3.25. The molecule has 0 bridgehead atoms. The summed E-state index contributed by atoms with van der Waals surface area (Å²) in [5, 5.41) is 0. The van der Waals surface area contributed by atoms with Crippen LogP contribution in [0, 0.1) is 5.82 Å². The molecular formula is C9H11FN2O. The minimum absolute atomic E-state index is 0.00676. The van der Waals surface area contributed by atoms with E-state index in [4.69, 9.17) is 5.73 Å². The molecule has 0 unspecified atom stereocenters. The molecule has 4 heteroatoms. The fourth-order valence-corrected chi connectivity index (χ4v) is 0.935. The number of rotatable bonds is 1. The number of nitrogen functional groups attached to an aromatic ring is 1. The molecule has 0 atom stereocenters. The Balaban J connectivity index is 3.04. The molecule has 2 N–H and O–H groups in total. The zero-order valence-corrected chi connectivity index (χ0v) is 7.54. The fourth-order valence-electron chi connectivity index (χ4n) is 0.935. The standard InChI is InChI=1S/C9H11FN2O/c1-12(2)9(13)6-3-4-7(10)8(11)5-6/h3-5H,11H2,1-2H3. The van der Waals surface area contributed by atoms with Crippen LogP contribution in [0.15, 0.2) is 18.2 Å². The van der Waals surface area contributed by atoms with Crippen molar-refractivity contribution in [2.75, 3.05) is 19.8 Å². The van der Waals surface area contributed by atoms with Gasteiger partial charge in [-0.1, -0.05) is 0 Å². The van der Waals surface area contributed by atoms with Crippen molar-refractivity contribution >= 4 is 11.6 Å². The summed E-state index contributed by atoms with van der Waals surface area (Å²) >= 11 is 0. The predicted octanol–water partition coefficient (Wildman–Crippen LogP) is 1.11. The summed E-state index contributed by atoms with van der Waals surface area (Å²) in [5.41, 5.74) is 5.70. The first kappa shape index (κ1) is 9.51. The first-order valence-electron chi connectivity index (χ1n) is 3.79. The lowest BCUT2D eigenvalue weighted by Gasteiger charge is -2.10. The minimum atomic E-state index is -0.504. The highest BCUT2D eigenvalue weighted by Crippen LogP contribution is 2.12. The van der Waals surface area contributed by atoms with Crippen molar-refractivity contribution in [2.45, 2.75) is 0 Å². The Kier molecular flexibility index (Phi) is 2.51. The number of benzene rings is 1. The number of halogens is 1. The van der Waals surface area contributed by atoms with E-state index >= 15 is 0 Å². The maximum Gasteiger partial charge on any atom is 0.253 e. The molecule has 0 heterocycles. The largest absolute Gasteiger partial charge is 0.396 e. The van der Waals surface area contributed by atoms with E-state index in [9.17, 15) is 9.18 Å². The molecule has 70 valence electrons. The van der Waals surface area contributed by atoms with Gasteiger partial charge in [0.25, 0.3) is 5.91 Å². The van der Waals surface area contributed by atoms with Crippen molar-refractivity contribution in [3.05, 3.63) is 29.6 Å². The summed E-state index contributed by atoms with van der Waals surface area (Å²) in [6.07, 6.45) is 0. The number of hydrogen-bond donors (Lipinski definition) is 1. The quantitative estimate of drug-likeness (QED) is 0.661. The van der Waals surface area contributed by atoms with Gasteiger partial charge in [-0.15, -0.1) is 0 Å². The Bertz CT molecular complexity index is 336. The zero-order valence-electron chi connectivity index (χ0n) is 7.54. The van der Waals surface area contributed by atoms with Crippen LogP contribution in [0.4, 0.5) is 10.1 Å². The normalized spacial score (nSPS) is 9.77. The van der Waals surface area contributed by atoms with Gasteiger partial charge in [-0.3, -0.25) is 4.79 Å². The SMILES string of the molecule is CN(C)C(=O)c1ccc(F)c(N)c1. The summed E-state index contributed by atoms with van der Waals surface area (Å²) in [4.78, 5) is 12.8. The van der Waals surface area contributed by atoms with Gasteiger partial charge in [0.15, 0.2) is 0 Å². The van der Waals surface area contributed by atoms with E-state index in [0.717, 1.165) is 0 Å². The van der Waals surface area contributed by atoms with E-state index in [1.807, 2.05) is 0 Å². The first-order chi connectivity index (χ1) is 6.02. The highest BCUT2D eigenvalue weighted by Gasteiger charge is 2.09. The van der Waals surface area contributed by atoms with E-state index in [1.54, 1.807) is 14.1 Å². The van der Waals surface area contributed by atoms with Crippen LogP contribution in [0.2, 0.25) is 0 Å². The third-order valence-corrected chi connectivity index (χ3v) is 1.65. The van der Waals surface area contributed by atoms with Crippen molar-refractivity contribution in [3.8, 4) is 0 Å². The van der Waals surface area contributed by atoms with Gasteiger partial charge in [0.2, 0.25) is 0 Å². The predicted molar refractivity (Wildman–Crippen MR) is 48.8 cm³/mol. The first-order valence-corrected chi connectivity index (χ1v) is 3.79. The molecule has 0 aromatic heterocycles. The van der Waals surface area contributed by atoms with Gasteiger partial charge in [-0.25, -0.2) is 4.39 Å². The van der Waals surface area contributed by atoms with E-state index in [2.05, 4.69) is 0 Å². The highest BCUT2D eigenvalue weighted by molar-refractivity contribution is 5.94. The number of nitrogens with zero attached hydrogens (tertiary/aromatic N) is 1. The lowest BCUT2D eigenvalue weighted by molar-refractivity contribution is 0.0827. The van der Waals surface area contributed by atoms with Crippen molar-refractivity contribution in [1.82, 2.24) is 4.90 Å². The summed E-state index contributed by atoms with van der Waals surface area (Å²) < 4.78 is 12.7. The Hall–Kier alpha value is -1.58. The molecular weight excluding hydrogens is 171 g/mol. The minimum Gasteiger partial charge on any atom is -0.396 e. The average molecular weight is 182 g/mol. The molecule has 3 nitrogen and oxygen atoms in total. The Morgan fingerprint density at radius 3 is 2.54 bits per heavy atom. The molecule has 0 radical (unpaired) electrons. The van der Waals surface area contributed by atoms with Crippen LogP contribution in [0.5, 0.6) is 0 Å². The second-order valence-corrected chi connectivity index (χ2v) is 2.94. The molecule has 13 heavy (non-hydrogen) atoms. The molecule has 1 aromatic rings. The van der Waals surface area contributed by atoms with E-state index in [-0.39, 0.29) is 11.6 Å². The fraction of sp³-hybridized carbons (Fsp3) is 0.222. The van der Waals surface area contributed by atoms with Crippen molar-refractivity contribution in [2.24, 2.45) is 0 Å². The van der Waals surface area contributed by atoms with Crippen LogP contribution in [0.25, 0.3) is 0 Å². The van der Waals surface area contributed by atoms with Crippen LogP contribution in [0.1, 0.15) is 10.4 Å². The Labute approximate surface area is 76.0 Å². The number of carbonyl (C=O) groups is 1. The molecule has 0 aliphatic rings. The molecule has 1 rings (SSSR count). The molecule has 0 fully saturated rings. The molecule has 0 aliphatic heterocycles. The molecule has 0 saturated carbocycles. The number of amides is 1. The third-order valence-electron chi connectivity index (χ3n) is 1.65. The van der Waals surface area contributed by atoms with Crippen molar-refractivity contribution in [3.63, 3.8) is 0 Å². The maximum atomic E-state index is 12.7. The van der Waals surface area contributed by atoms with Crippen LogP contribution in [0.3, 0.4) is 0 Å². The molecule has 1 amide bonds. The zero-order chi connectivity index (χ0) is 10.0. The number of nitrogens with two attached hydrogens (primary N) is 1. The monoisotopic (exact) mass is 182 g/mol. The third kappa shape index (κ3) is 1.96. The molecule has 1 aromatic carbocycles. The van der Waals surface area contributed by atoms with E-state index in [0.29, 0.717) is 5.56 Å². The van der Waals surface area contributed by atoms with Gasteiger partial charge in [-0.2, -0.15) is 0 Å². The lowest BCUT2D eigenvalue weighted by atomic mass is 10.2. The van der Waals surface area contributed by atoms with Crippen LogP contribution < -0.4 is 5.73 Å². The Morgan fingerprint density at radius 1 is 1.46 bits per heavy atom. The highest BCUT2D eigenvalue weighted by atomic mass is 19.1. The molecule has 0 aliphatic carbocycles. The topological polar surface area (TPSA) is 46.3 Å². The number of hydrogen-bond acceptors (Lipinski definition) is 2. The van der Waals surface area contributed by atoms with Crippen LogP contribution in [-0.4, -0.2) is 24.9 Å². The molecule has 0 spiro atoms. The van der Waals surface area contributed by atoms with Gasteiger partial charge < -0.3 is 10.6 Å². The second kappa shape index (κ2) is 3.43. The van der Waals surface area contributed by atoms with Gasteiger partial charge in [0.05, 0.1) is 5.69 Å². The smallest absolute Gasteiger partial charge is 0.253 e. The van der Waals surface area contributed by atoms with Crippen molar-refractivity contribution < 1.29 is 9.18 Å². The van der Waals surface area contributed by atoms with Gasteiger partial charge in [0, 0.05) is 19.7 Å². The van der Waals surface area contributed by atoms with Crippen LogP contribution >= 0.6 is 0 Å². The van der Waals surface area contributed by atoms with Gasteiger partial charge in [0.1, 0.15) is 5.82 Å². The van der Waals surface area contributed by atoms with Gasteiger partial charge >= 0.3 is 0 Å².